The van der Waals surface area contributed by atoms with Gasteiger partial charge in [-0.15, -0.1) is 11.8 Å². The number of benzene rings is 1. The SMILES string of the molecule is CC/C=C1/CC(SCNCCC2CCc3cc(F)ccc3C2)CC/C1=C/CF. The molecular formula is C24H33F2NS. The van der Waals surface area contributed by atoms with Gasteiger partial charge in [-0.05, 0) is 98.2 Å². The molecule has 3 rings (SSSR count). The summed E-state index contributed by atoms with van der Waals surface area (Å²) in [5.41, 5.74) is 5.13. The molecule has 1 N–H and O–H groups in total. The van der Waals surface area contributed by atoms with Crippen molar-refractivity contribution < 1.29 is 8.78 Å². The first-order valence-electron chi connectivity index (χ1n) is 10.7. The van der Waals surface area contributed by atoms with E-state index in [1.807, 2.05) is 17.8 Å². The maximum Gasteiger partial charge on any atom is 0.123 e. The van der Waals surface area contributed by atoms with Gasteiger partial charge >= 0.3 is 0 Å². The average Bonchev–Trinajstić information content (AvgIpc) is 2.70. The van der Waals surface area contributed by atoms with Gasteiger partial charge in [0.25, 0.3) is 0 Å². The third-order valence-electron chi connectivity index (χ3n) is 6.02. The first-order chi connectivity index (χ1) is 13.7. The van der Waals surface area contributed by atoms with E-state index in [9.17, 15) is 8.78 Å². The van der Waals surface area contributed by atoms with Crippen LogP contribution < -0.4 is 5.32 Å². The minimum atomic E-state index is -0.351. The summed E-state index contributed by atoms with van der Waals surface area (Å²) >= 11 is 2.01. The molecule has 28 heavy (non-hydrogen) atoms. The van der Waals surface area contributed by atoms with E-state index < -0.39 is 0 Å². The van der Waals surface area contributed by atoms with Gasteiger partial charge in [-0.1, -0.05) is 25.1 Å². The second kappa shape index (κ2) is 11.2. The molecule has 4 heteroatoms. The van der Waals surface area contributed by atoms with Gasteiger partial charge in [0.15, 0.2) is 0 Å². The quantitative estimate of drug-likeness (QED) is 0.397. The van der Waals surface area contributed by atoms with Gasteiger partial charge < -0.3 is 5.32 Å². The van der Waals surface area contributed by atoms with Crippen molar-refractivity contribution in [2.24, 2.45) is 5.92 Å². The molecule has 2 atom stereocenters. The lowest BCUT2D eigenvalue weighted by atomic mass is 9.82. The fourth-order valence-electron chi connectivity index (χ4n) is 4.49. The maximum atomic E-state index is 13.3. The van der Waals surface area contributed by atoms with Gasteiger partial charge in [0.2, 0.25) is 0 Å². The van der Waals surface area contributed by atoms with Gasteiger partial charge in [-0.2, -0.15) is 0 Å². The molecule has 0 aliphatic heterocycles. The van der Waals surface area contributed by atoms with Crippen LogP contribution in [0.2, 0.25) is 0 Å². The fourth-order valence-corrected chi connectivity index (χ4v) is 5.57. The molecule has 1 nitrogen and oxygen atoms in total. The normalized spacial score (nSPS) is 25.2. The van der Waals surface area contributed by atoms with E-state index in [-0.39, 0.29) is 12.5 Å². The van der Waals surface area contributed by atoms with Crippen LogP contribution in [0, 0.1) is 11.7 Å². The molecular weight excluding hydrogens is 372 g/mol. The summed E-state index contributed by atoms with van der Waals surface area (Å²) in [6.07, 6.45) is 12.7. The van der Waals surface area contributed by atoms with E-state index in [1.54, 1.807) is 18.2 Å². The van der Waals surface area contributed by atoms with Crippen LogP contribution in [0.25, 0.3) is 0 Å². The van der Waals surface area contributed by atoms with Crippen molar-refractivity contribution in [3.8, 4) is 0 Å². The Bertz CT molecular complexity index is 698. The van der Waals surface area contributed by atoms with Crippen molar-refractivity contribution in [1.82, 2.24) is 5.32 Å². The molecule has 154 valence electrons. The van der Waals surface area contributed by atoms with E-state index in [1.165, 1.54) is 35.1 Å². The first-order valence-corrected chi connectivity index (χ1v) is 11.8. The number of rotatable bonds is 8. The zero-order chi connectivity index (χ0) is 19.8. The van der Waals surface area contributed by atoms with E-state index in [4.69, 9.17) is 0 Å². The van der Waals surface area contributed by atoms with E-state index in [0.29, 0.717) is 11.2 Å². The summed E-state index contributed by atoms with van der Waals surface area (Å²) in [4.78, 5) is 0. The summed E-state index contributed by atoms with van der Waals surface area (Å²) in [5, 5.41) is 4.24. The van der Waals surface area contributed by atoms with Crippen LogP contribution in [0.5, 0.6) is 0 Å². The van der Waals surface area contributed by atoms with Crippen molar-refractivity contribution in [3.63, 3.8) is 0 Å². The van der Waals surface area contributed by atoms with Crippen molar-refractivity contribution in [2.75, 3.05) is 19.1 Å². The van der Waals surface area contributed by atoms with Crippen LogP contribution in [0.1, 0.15) is 56.6 Å². The predicted octanol–water partition coefficient (Wildman–Crippen LogP) is 6.39. The molecule has 0 amide bonds. The van der Waals surface area contributed by atoms with Crippen molar-refractivity contribution in [3.05, 3.63) is 58.4 Å². The van der Waals surface area contributed by atoms with Crippen molar-refractivity contribution >= 4 is 11.8 Å². The topological polar surface area (TPSA) is 12.0 Å². The summed E-state index contributed by atoms with van der Waals surface area (Å²) in [7, 11) is 0. The lowest BCUT2D eigenvalue weighted by Gasteiger charge is -2.27. The zero-order valence-electron chi connectivity index (χ0n) is 17.0. The lowest BCUT2D eigenvalue weighted by molar-refractivity contribution is 0.419. The van der Waals surface area contributed by atoms with Crippen LogP contribution in [0.4, 0.5) is 8.78 Å². The lowest BCUT2D eigenvalue weighted by Crippen LogP contribution is -2.23. The maximum absolute atomic E-state index is 13.3. The predicted molar refractivity (Wildman–Crippen MR) is 117 cm³/mol. The highest BCUT2D eigenvalue weighted by molar-refractivity contribution is 7.99. The molecule has 1 aromatic carbocycles. The third kappa shape index (κ3) is 6.18. The molecule has 2 unspecified atom stereocenters. The Morgan fingerprint density at radius 3 is 2.82 bits per heavy atom. The van der Waals surface area contributed by atoms with E-state index in [0.717, 1.165) is 50.9 Å². The summed E-state index contributed by atoms with van der Waals surface area (Å²) < 4.78 is 26.0. The molecule has 0 bridgehead atoms. The Morgan fingerprint density at radius 2 is 2.00 bits per heavy atom. The number of fused-ring (bicyclic) bond motifs is 1. The smallest absolute Gasteiger partial charge is 0.123 e. The first kappa shape index (κ1) is 21.6. The molecule has 1 fully saturated rings. The summed E-state index contributed by atoms with van der Waals surface area (Å²) in [5.74, 6) is 1.58. The standard InChI is InChI=1S/C24H33F2NS/c1-2-3-20-16-24(9-7-19(20)10-12-25)28-17-27-13-11-18-4-5-22-15-23(26)8-6-21(22)14-18/h3,6,8,10,15,18,24,27H,2,4-5,7,9,11-14,16-17H2,1H3/b19-10-,20-3-. The fraction of sp³-hybridized carbons (Fsp3) is 0.583. The van der Waals surface area contributed by atoms with Gasteiger partial charge in [0.1, 0.15) is 12.5 Å². The molecule has 1 saturated carbocycles. The highest BCUT2D eigenvalue weighted by Gasteiger charge is 2.21. The molecule has 2 aliphatic rings. The van der Waals surface area contributed by atoms with Crippen LogP contribution in [-0.4, -0.2) is 24.3 Å². The Kier molecular flexibility index (Phi) is 8.60. The molecule has 0 radical (unpaired) electrons. The second-order valence-electron chi connectivity index (χ2n) is 8.01. The number of alkyl halides is 1. The highest BCUT2D eigenvalue weighted by atomic mass is 32.2. The molecule has 0 saturated heterocycles. The average molecular weight is 406 g/mol. The summed E-state index contributed by atoms with van der Waals surface area (Å²) in [6.45, 7) is 2.85. The number of thioether (sulfide) groups is 1. The number of hydrogen-bond acceptors (Lipinski definition) is 2. The van der Waals surface area contributed by atoms with Crippen LogP contribution in [0.3, 0.4) is 0 Å². The van der Waals surface area contributed by atoms with Crippen LogP contribution >= 0.6 is 11.8 Å². The van der Waals surface area contributed by atoms with Gasteiger partial charge in [0, 0.05) is 11.1 Å². The Balaban J connectivity index is 1.35. The third-order valence-corrected chi connectivity index (χ3v) is 7.26. The van der Waals surface area contributed by atoms with Crippen molar-refractivity contribution in [2.45, 2.75) is 63.5 Å². The Morgan fingerprint density at radius 1 is 1.11 bits per heavy atom. The highest BCUT2D eigenvalue weighted by Crippen LogP contribution is 2.35. The molecule has 0 aromatic heterocycles. The zero-order valence-corrected chi connectivity index (χ0v) is 17.8. The number of allylic oxidation sites excluding steroid dienone is 4. The Hall–Kier alpha value is -1.13. The largest absolute Gasteiger partial charge is 0.308 e. The number of aryl methyl sites for hydroxylation is 1. The Labute approximate surface area is 173 Å². The summed E-state index contributed by atoms with van der Waals surface area (Å²) in [6, 6.07) is 5.27. The van der Waals surface area contributed by atoms with Gasteiger partial charge in [-0.25, -0.2) is 8.78 Å². The second-order valence-corrected chi connectivity index (χ2v) is 9.30. The minimum absolute atomic E-state index is 0.108. The molecule has 0 spiro atoms. The van der Waals surface area contributed by atoms with Crippen LogP contribution in [-0.2, 0) is 12.8 Å². The van der Waals surface area contributed by atoms with Gasteiger partial charge in [-0.3, -0.25) is 0 Å². The van der Waals surface area contributed by atoms with Crippen LogP contribution in [0.15, 0.2) is 41.5 Å². The number of hydrogen-bond donors (Lipinski definition) is 1. The molecule has 1 aromatic rings. The number of halogens is 2. The van der Waals surface area contributed by atoms with E-state index >= 15 is 0 Å². The molecule has 0 heterocycles. The van der Waals surface area contributed by atoms with Crippen molar-refractivity contribution in [1.29, 1.82) is 0 Å². The van der Waals surface area contributed by atoms with E-state index in [2.05, 4.69) is 18.3 Å². The number of nitrogens with one attached hydrogen (secondary N) is 1. The minimum Gasteiger partial charge on any atom is -0.308 e. The van der Waals surface area contributed by atoms with Gasteiger partial charge in [0.05, 0.1) is 0 Å². The molecule has 2 aliphatic carbocycles. The monoisotopic (exact) mass is 405 g/mol.